The van der Waals surface area contributed by atoms with E-state index in [1.165, 1.54) is 130 Å². The number of benzene rings is 11. The molecule has 0 aliphatic heterocycles. The van der Waals surface area contributed by atoms with E-state index < -0.39 is 0 Å². The van der Waals surface area contributed by atoms with Gasteiger partial charge in [-0.3, -0.25) is 0 Å². The molecular weight excluding hydrogens is 791 g/mol. The van der Waals surface area contributed by atoms with Gasteiger partial charge in [0.05, 0.1) is 11.0 Å². The molecular formula is C62H37NS. The molecule has 64 heavy (non-hydrogen) atoms. The Bertz CT molecular complexity index is 4020. The Balaban J connectivity index is 1.00. The van der Waals surface area contributed by atoms with Crippen LogP contribution in [0.15, 0.2) is 224 Å². The lowest BCUT2D eigenvalue weighted by Crippen LogP contribution is -1.98. The van der Waals surface area contributed by atoms with Gasteiger partial charge in [0, 0.05) is 36.6 Å². The maximum atomic E-state index is 2.48. The van der Waals surface area contributed by atoms with Crippen molar-refractivity contribution < 1.29 is 0 Å². The fourth-order valence-corrected chi connectivity index (χ4v) is 12.2. The molecule has 0 bridgehead atoms. The average Bonchev–Trinajstić information content (AvgIpc) is 3.89. The number of nitrogens with zero attached hydrogens (tertiary/aromatic N) is 1. The standard InChI is InChI=1S/C62H37NS/c1-2-19-42-41(18-1)43-20-3-4-22-45(43)47-33-32-39(35-54(47)46-23-6-5-21-44(42)46)62-52-28-9-7-26-50(52)61(51-27-8-10-29-53(51)62)38-16-15-17-40(34-38)63-57-30-13-11-24-48(57)55-37-60-56(36-58(55)63)49-25-12-14-31-59(49)64-60/h1-37H. The molecule has 2 heteroatoms. The molecule has 1 aliphatic carbocycles. The van der Waals surface area contributed by atoms with Gasteiger partial charge in [0.15, 0.2) is 0 Å². The number of thiophene rings is 1. The Labute approximate surface area is 374 Å². The molecule has 1 nitrogen and oxygen atoms in total. The van der Waals surface area contributed by atoms with Crippen molar-refractivity contribution in [3.63, 3.8) is 0 Å². The zero-order valence-corrected chi connectivity index (χ0v) is 35.5. The van der Waals surface area contributed by atoms with Crippen LogP contribution in [0.5, 0.6) is 0 Å². The molecule has 0 radical (unpaired) electrons. The molecule has 2 heterocycles. The lowest BCUT2D eigenvalue weighted by Gasteiger charge is -2.24. The number of aromatic nitrogens is 1. The van der Waals surface area contributed by atoms with Crippen LogP contribution in [0.4, 0.5) is 0 Å². The third-order valence-corrected chi connectivity index (χ3v) is 14.9. The van der Waals surface area contributed by atoms with Crippen molar-refractivity contribution in [2.75, 3.05) is 0 Å². The summed E-state index contributed by atoms with van der Waals surface area (Å²) in [4.78, 5) is 0. The maximum absolute atomic E-state index is 2.48. The van der Waals surface area contributed by atoms with Crippen molar-refractivity contribution in [1.82, 2.24) is 4.57 Å². The van der Waals surface area contributed by atoms with Gasteiger partial charge >= 0.3 is 0 Å². The van der Waals surface area contributed by atoms with Crippen LogP contribution in [-0.4, -0.2) is 4.57 Å². The number of rotatable bonds is 3. The van der Waals surface area contributed by atoms with Gasteiger partial charge in [0.1, 0.15) is 0 Å². The summed E-state index contributed by atoms with van der Waals surface area (Å²) in [6.45, 7) is 0. The topological polar surface area (TPSA) is 4.93 Å². The summed E-state index contributed by atoms with van der Waals surface area (Å²) in [6, 6.07) is 83.7. The van der Waals surface area contributed by atoms with E-state index in [0.717, 1.165) is 5.69 Å². The molecule has 0 fully saturated rings. The molecule has 0 spiro atoms. The molecule has 0 atom stereocenters. The lowest BCUT2D eigenvalue weighted by atomic mass is 9.79. The molecule has 11 aromatic carbocycles. The third kappa shape index (κ3) is 5.12. The molecule has 0 saturated heterocycles. The Morgan fingerprint density at radius 1 is 0.250 bits per heavy atom. The fraction of sp³-hybridized carbons (Fsp3) is 0. The van der Waals surface area contributed by atoms with Crippen molar-refractivity contribution in [1.29, 1.82) is 0 Å². The predicted molar refractivity (Wildman–Crippen MR) is 275 cm³/mol. The summed E-state index contributed by atoms with van der Waals surface area (Å²) in [5.74, 6) is 0. The van der Waals surface area contributed by atoms with Crippen LogP contribution in [0.3, 0.4) is 0 Å². The van der Waals surface area contributed by atoms with Gasteiger partial charge in [-0.25, -0.2) is 0 Å². The Hall–Kier alpha value is -8.04. The summed E-state index contributed by atoms with van der Waals surface area (Å²) in [6.07, 6.45) is 0. The molecule has 296 valence electrons. The number of fused-ring (bicyclic) bond motifs is 16. The molecule has 0 amide bonds. The first-order chi connectivity index (χ1) is 31.8. The van der Waals surface area contributed by atoms with Gasteiger partial charge in [-0.05, 0) is 131 Å². The van der Waals surface area contributed by atoms with Gasteiger partial charge in [-0.2, -0.15) is 0 Å². The zero-order valence-electron chi connectivity index (χ0n) is 34.7. The monoisotopic (exact) mass is 827 g/mol. The van der Waals surface area contributed by atoms with E-state index >= 15 is 0 Å². The van der Waals surface area contributed by atoms with E-state index in [1.54, 1.807) is 0 Å². The van der Waals surface area contributed by atoms with Crippen molar-refractivity contribution in [2.45, 2.75) is 0 Å². The van der Waals surface area contributed by atoms with E-state index in [9.17, 15) is 0 Å². The normalized spacial score (nSPS) is 12.1. The van der Waals surface area contributed by atoms with E-state index in [-0.39, 0.29) is 0 Å². The lowest BCUT2D eigenvalue weighted by molar-refractivity contribution is 1.18. The van der Waals surface area contributed by atoms with Crippen molar-refractivity contribution in [3.05, 3.63) is 224 Å². The SMILES string of the molecule is c1cc(-c2c3ccccc3c(-c3ccc4c(c3)-c3ccccc3-c3ccccc3-c3ccccc3-4)c3ccccc23)cc(-n2c3ccccc3c3cc4sc5ccccc5c4cc32)c1. The van der Waals surface area contributed by atoms with E-state index in [1.807, 2.05) is 11.3 Å². The quantitative estimate of drug-likeness (QED) is 0.156. The predicted octanol–water partition coefficient (Wildman–Crippen LogP) is 17.8. The highest BCUT2D eigenvalue weighted by Gasteiger charge is 2.24. The Morgan fingerprint density at radius 3 is 1.31 bits per heavy atom. The van der Waals surface area contributed by atoms with E-state index in [4.69, 9.17) is 0 Å². The summed E-state index contributed by atoms with van der Waals surface area (Å²) < 4.78 is 5.13. The van der Waals surface area contributed by atoms with Crippen LogP contribution >= 0.6 is 11.3 Å². The summed E-state index contributed by atoms with van der Waals surface area (Å²) in [7, 11) is 0. The second kappa shape index (κ2) is 13.7. The first-order valence-corrected chi connectivity index (χ1v) is 22.9. The second-order valence-electron chi connectivity index (χ2n) is 17.1. The van der Waals surface area contributed by atoms with Crippen LogP contribution < -0.4 is 0 Å². The minimum atomic E-state index is 1.15. The third-order valence-electron chi connectivity index (χ3n) is 13.7. The molecule has 0 N–H and O–H groups in total. The van der Waals surface area contributed by atoms with E-state index in [2.05, 4.69) is 229 Å². The largest absolute Gasteiger partial charge is 0.309 e. The minimum absolute atomic E-state index is 1.15. The molecule has 2 aromatic heterocycles. The van der Waals surface area contributed by atoms with Gasteiger partial charge < -0.3 is 4.57 Å². The van der Waals surface area contributed by atoms with Crippen LogP contribution in [0.2, 0.25) is 0 Å². The number of hydrogen-bond acceptors (Lipinski definition) is 1. The first kappa shape index (κ1) is 35.5. The Morgan fingerprint density at radius 2 is 0.719 bits per heavy atom. The molecule has 0 unspecified atom stereocenters. The van der Waals surface area contributed by atoms with Gasteiger partial charge in [0.25, 0.3) is 0 Å². The maximum Gasteiger partial charge on any atom is 0.0548 e. The second-order valence-corrected chi connectivity index (χ2v) is 18.2. The molecule has 0 saturated carbocycles. The number of para-hydroxylation sites is 1. The summed E-state index contributed by atoms with van der Waals surface area (Å²) in [5, 5.41) is 10.2. The molecule has 14 rings (SSSR count). The van der Waals surface area contributed by atoms with Gasteiger partial charge in [-0.15, -0.1) is 11.3 Å². The van der Waals surface area contributed by atoms with Crippen LogP contribution in [0.25, 0.3) is 136 Å². The summed E-state index contributed by atoms with van der Waals surface area (Å²) in [5.41, 5.74) is 18.6. The van der Waals surface area contributed by atoms with Gasteiger partial charge in [-0.1, -0.05) is 182 Å². The van der Waals surface area contributed by atoms with Crippen molar-refractivity contribution in [3.8, 4) is 72.4 Å². The smallest absolute Gasteiger partial charge is 0.0548 e. The average molecular weight is 828 g/mol. The van der Waals surface area contributed by atoms with Crippen LogP contribution in [0.1, 0.15) is 0 Å². The minimum Gasteiger partial charge on any atom is -0.309 e. The van der Waals surface area contributed by atoms with Crippen molar-refractivity contribution in [2.24, 2.45) is 0 Å². The van der Waals surface area contributed by atoms with E-state index in [0.29, 0.717) is 0 Å². The van der Waals surface area contributed by atoms with Crippen LogP contribution in [-0.2, 0) is 0 Å². The molecule has 13 aromatic rings. The first-order valence-electron chi connectivity index (χ1n) is 22.1. The zero-order chi connectivity index (χ0) is 41.9. The highest BCUT2D eigenvalue weighted by Crippen LogP contribution is 2.51. The fourth-order valence-electron chi connectivity index (χ4n) is 11.0. The van der Waals surface area contributed by atoms with Crippen molar-refractivity contribution >= 4 is 74.9 Å². The Kier molecular flexibility index (Phi) is 7.63. The highest BCUT2D eigenvalue weighted by atomic mass is 32.1. The highest BCUT2D eigenvalue weighted by molar-refractivity contribution is 7.25. The molecule has 1 aliphatic rings. The van der Waals surface area contributed by atoms with Crippen LogP contribution in [0, 0.1) is 0 Å². The number of hydrogen-bond donors (Lipinski definition) is 0. The summed E-state index contributed by atoms with van der Waals surface area (Å²) >= 11 is 1.88. The van der Waals surface area contributed by atoms with Gasteiger partial charge in [0.2, 0.25) is 0 Å².